The SMILES string of the molecule is CCc1ccc(C(=O)CN(C)Cc2nccn2C)s1. The summed E-state index contributed by atoms with van der Waals surface area (Å²) in [6.07, 6.45) is 4.68. The topological polar surface area (TPSA) is 38.1 Å². The van der Waals surface area contributed by atoms with E-state index >= 15 is 0 Å². The van der Waals surface area contributed by atoms with Crippen LogP contribution in [0, 0.1) is 0 Å². The van der Waals surface area contributed by atoms with Gasteiger partial charge in [-0.3, -0.25) is 9.69 Å². The van der Waals surface area contributed by atoms with Gasteiger partial charge in [-0.25, -0.2) is 4.98 Å². The van der Waals surface area contributed by atoms with Crippen LogP contribution in [0.4, 0.5) is 0 Å². The number of aryl methyl sites for hydroxylation is 2. The molecule has 0 bridgehead atoms. The van der Waals surface area contributed by atoms with E-state index in [0.717, 1.165) is 17.1 Å². The predicted molar refractivity (Wildman–Crippen MR) is 77.6 cm³/mol. The molecule has 0 N–H and O–H groups in total. The number of ketones is 1. The summed E-state index contributed by atoms with van der Waals surface area (Å²) in [5.74, 6) is 1.15. The molecule has 5 heteroatoms. The summed E-state index contributed by atoms with van der Waals surface area (Å²) in [6, 6.07) is 3.97. The minimum Gasteiger partial charge on any atom is -0.337 e. The fourth-order valence-corrected chi connectivity index (χ4v) is 2.76. The second-order valence-electron chi connectivity index (χ2n) is 4.67. The van der Waals surface area contributed by atoms with Gasteiger partial charge in [-0.15, -0.1) is 11.3 Å². The molecule has 2 heterocycles. The van der Waals surface area contributed by atoms with Gasteiger partial charge in [0.15, 0.2) is 5.78 Å². The lowest BCUT2D eigenvalue weighted by Gasteiger charge is -2.14. The van der Waals surface area contributed by atoms with E-state index in [0.29, 0.717) is 13.1 Å². The monoisotopic (exact) mass is 277 g/mol. The van der Waals surface area contributed by atoms with E-state index in [1.54, 1.807) is 17.5 Å². The summed E-state index contributed by atoms with van der Waals surface area (Å²) >= 11 is 1.60. The third kappa shape index (κ3) is 3.52. The normalized spacial score (nSPS) is 11.2. The minimum absolute atomic E-state index is 0.182. The van der Waals surface area contributed by atoms with Gasteiger partial charge in [0, 0.05) is 24.3 Å². The lowest BCUT2D eigenvalue weighted by molar-refractivity contribution is 0.0945. The first-order chi connectivity index (χ1) is 9.10. The predicted octanol–water partition coefficient (Wildman–Crippen LogP) is 2.36. The molecule has 0 aliphatic rings. The van der Waals surface area contributed by atoms with Gasteiger partial charge in [0.2, 0.25) is 0 Å². The summed E-state index contributed by atoms with van der Waals surface area (Å²) < 4.78 is 1.97. The van der Waals surface area contributed by atoms with E-state index < -0.39 is 0 Å². The number of likely N-dealkylation sites (N-methyl/N-ethyl adjacent to an activating group) is 1. The molecule has 102 valence electrons. The number of Topliss-reactive ketones (excluding diaryl/α,β-unsaturated/α-hetero) is 1. The highest BCUT2D eigenvalue weighted by Gasteiger charge is 2.13. The average Bonchev–Trinajstić information content (AvgIpc) is 2.99. The second-order valence-corrected chi connectivity index (χ2v) is 5.84. The number of aromatic nitrogens is 2. The van der Waals surface area contributed by atoms with Crippen LogP contribution in [-0.2, 0) is 20.0 Å². The summed E-state index contributed by atoms with van der Waals surface area (Å²) in [5, 5.41) is 0. The van der Waals surface area contributed by atoms with Gasteiger partial charge in [-0.05, 0) is 25.6 Å². The smallest absolute Gasteiger partial charge is 0.186 e. The molecule has 0 fully saturated rings. The van der Waals surface area contributed by atoms with Gasteiger partial charge in [0.05, 0.1) is 18.0 Å². The van der Waals surface area contributed by atoms with E-state index in [4.69, 9.17) is 0 Å². The Balaban J connectivity index is 1.93. The Morgan fingerprint density at radius 3 is 2.84 bits per heavy atom. The molecule has 0 unspecified atom stereocenters. The molecule has 0 spiro atoms. The maximum absolute atomic E-state index is 12.1. The number of hydrogen-bond donors (Lipinski definition) is 0. The summed E-state index contributed by atoms with van der Waals surface area (Å²) in [5.41, 5.74) is 0. The van der Waals surface area contributed by atoms with Crippen molar-refractivity contribution in [2.24, 2.45) is 7.05 Å². The first kappa shape index (κ1) is 14.0. The van der Waals surface area contributed by atoms with Crippen molar-refractivity contribution in [1.29, 1.82) is 0 Å². The van der Waals surface area contributed by atoms with Crippen LogP contribution in [0.2, 0.25) is 0 Å². The highest BCUT2D eigenvalue weighted by Crippen LogP contribution is 2.17. The second kappa shape index (κ2) is 6.12. The molecule has 0 atom stereocenters. The molecule has 0 amide bonds. The van der Waals surface area contributed by atoms with Crippen molar-refractivity contribution in [1.82, 2.24) is 14.5 Å². The molecule has 0 aromatic carbocycles. The third-order valence-electron chi connectivity index (χ3n) is 3.03. The van der Waals surface area contributed by atoms with Crippen molar-refractivity contribution in [2.75, 3.05) is 13.6 Å². The Bertz CT molecular complexity index is 559. The van der Waals surface area contributed by atoms with E-state index in [9.17, 15) is 4.79 Å². The minimum atomic E-state index is 0.182. The van der Waals surface area contributed by atoms with Gasteiger partial charge >= 0.3 is 0 Å². The Kier molecular flexibility index (Phi) is 4.50. The van der Waals surface area contributed by atoms with Gasteiger partial charge < -0.3 is 4.57 Å². The van der Waals surface area contributed by atoms with Crippen LogP contribution < -0.4 is 0 Å². The van der Waals surface area contributed by atoms with Crippen molar-refractivity contribution in [3.8, 4) is 0 Å². The lowest BCUT2D eigenvalue weighted by Crippen LogP contribution is -2.26. The molecule has 0 aliphatic heterocycles. The molecule has 0 aliphatic carbocycles. The molecule has 2 aromatic rings. The van der Waals surface area contributed by atoms with Gasteiger partial charge in [-0.1, -0.05) is 6.92 Å². The fourth-order valence-electron chi connectivity index (χ4n) is 1.89. The zero-order chi connectivity index (χ0) is 13.8. The molecular weight excluding hydrogens is 258 g/mol. The molecule has 4 nitrogen and oxygen atoms in total. The number of thiophene rings is 1. The lowest BCUT2D eigenvalue weighted by atomic mass is 10.3. The molecule has 0 radical (unpaired) electrons. The van der Waals surface area contributed by atoms with Crippen molar-refractivity contribution < 1.29 is 4.79 Å². The molecule has 2 rings (SSSR count). The van der Waals surface area contributed by atoms with Crippen LogP contribution in [0.1, 0.15) is 27.3 Å². The number of carbonyl (C=O) groups is 1. The highest BCUT2D eigenvalue weighted by molar-refractivity contribution is 7.14. The van der Waals surface area contributed by atoms with E-state index in [2.05, 4.69) is 11.9 Å². The Morgan fingerprint density at radius 2 is 2.26 bits per heavy atom. The number of rotatable bonds is 6. The first-order valence-electron chi connectivity index (χ1n) is 6.36. The molecular formula is C14H19N3OS. The van der Waals surface area contributed by atoms with Crippen LogP contribution in [0.3, 0.4) is 0 Å². The average molecular weight is 277 g/mol. The standard InChI is InChI=1S/C14H19N3OS/c1-4-11-5-6-13(19-11)12(18)9-16(2)10-14-15-7-8-17(14)3/h5-8H,4,9-10H2,1-3H3. The molecule has 19 heavy (non-hydrogen) atoms. The summed E-state index contributed by atoms with van der Waals surface area (Å²) in [7, 11) is 3.91. The van der Waals surface area contributed by atoms with Gasteiger partial charge in [0.1, 0.15) is 5.82 Å². The van der Waals surface area contributed by atoms with Crippen LogP contribution in [0.15, 0.2) is 24.5 Å². The number of imidazole rings is 1. The van der Waals surface area contributed by atoms with Crippen molar-refractivity contribution in [3.63, 3.8) is 0 Å². The molecule has 0 saturated heterocycles. The molecule has 0 saturated carbocycles. The molecule has 2 aromatic heterocycles. The summed E-state index contributed by atoms with van der Waals surface area (Å²) in [6.45, 7) is 3.21. The Morgan fingerprint density at radius 1 is 1.47 bits per heavy atom. The fraction of sp³-hybridized carbons (Fsp3) is 0.429. The zero-order valence-electron chi connectivity index (χ0n) is 11.6. The summed E-state index contributed by atoms with van der Waals surface area (Å²) in [4.78, 5) is 20.5. The largest absolute Gasteiger partial charge is 0.337 e. The van der Waals surface area contributed by atoms with Gasteiger partial charge in [0.25, 0.3) is 0 Å². The van der Waals surface area contributed by atoms with E-state index in [1.165, 1.54) is 4.88 Å². The van der Waals surface area contributed by atoms with Crippen molar-refractivity contribution in [3.05, 3.63) is 40.1 Å². The van der Waals surface area contributed by atoms with Crippen LogP contribution in [0.25, 0.3) is 0 Å². The zero-order valence-corrected chi connectivity index (χ0v) is 12.4. The van der Waals surface area contributed by atoms with Crippen LogP contribution in [-0.4, -0.2) is 33.8 Å². The highest BCUT2D eigenvalue weighted by atomic mass is 32.1. The number of carbonyl (C=O) groups excluding carboxylic acids is 1. The Hall–Kier alpha value is -1.46. The maximum Gasteiger partial charge on any atom is 0.186 e. The maximum atomic E-state index is 12.1. The van der Waals surface area contributed by atoms with Crippen molar-refractivity contribution in [2.45, 2.75) is 19.9 Å². The van der Waals surface area contributed by atoms with Crippen LogP contribution in [0.5, 0.6) is 0 Å². The number of nitrogens with zero attached hydrogens (tertiary/aromatic N) is 3. The van der Waals surface area contributed by atoms with E-state index in [-0.39, 0.29) is 5.78 Å². The van der Waals surface area contributed by atoms with E-state index in [1.807, 2.05) is 41.9 Å². The Labute approximate surface area is 117 Å². The first-order valence-corrected chi connectivity index (χ1v) is 7.18. The third-order valence-corrected chi connectivity index (χ3v) is 4.30. The van der Waals surface area contributed by atoms with Crippen LogP contribution >= 0.6 is 11.3 Å². The number of hydrogen-bond acceptors (Lipinski definition) is 4. The van der Waals surface area contributed by atoms with Gasteiger partial charge in [-0.2, -0.15) is 0 Å². The quantitative estimate of drug-likeness (QED) is 0.761. The van der Waals surface area contributed by atoms with Crippen molar-refractivity contribution >= 4 is 17.1 Å².